The molecule has 0 saturated heterocycles. The molecule has 402 valence electrons. The summed E-state index contributed by atoms with van der Waals surface area (Å²) in [6, 6.07) is 25.2. The maximum atomic E-state index is 15.0. The number of halogens is 4. The number of carbonyl (C=O) groups excluding carboxylic acids is 6. The van der Waals surface area contributed by atoms with Crippen LogP contribution >= 0.6 is 0 Å². The normalized spacial score (nSPS) is 13.2. The van der Waals surface area contributed by atoms with Gasteiger partial charge in [-0.25, -0.2) is 32.3 Å². The van der Waals surface area contributed by atoms with Crippen molar-refractivity contribution in [3.05, 3.63) is 225 Å². The van der Waals surface area contributed by atoms with Gasteiger partial charge in [-0.3, -0.25) is 33.9 Å². The van der Waals surface area contributed by atoms with E-state index in [-0.39, 0.29) is 64.3 Å². The number of nitrogens with two attached hydrogens (primary N) is 1. The van der Waals surface area contributed by atoms with E-state index in [1.807, 2.05) is 0 Å². The van der Waals surface area contributed by atoms with E-state index in [1.165, 1.54) is 141 Å². The fourth-order valence-electron chi connectivity index (χ4n) is 8.84. The third-order valence-corrected chi connectivity index (χ3v) is 12.8. The van der Waals surface area contributed by atoms with E-state index in [0.29, 0.717) is 68.3 Å². The molecular formula is C61H46F4N6O9. The summed E-state index contributed by atoms with van der Waals surface area (Å²) in [5.74, 6) is -5.05. The first-order chi connectivity index (χ1) is 38.0. The molecule has 0 radical (unpaired) electrons. The Kier molecular flexibility index (Phi) is 16.8. The van der Waals surface area contributed by atoms with E-state index in [0.717, 1.165) is 11.1 Å². The van der Waals surface area contributed by atoms with Gasteiger partial charge in [-0.05, 0) is 110 Å². The van der Waals surface area contributed by atoms with E-state index in [1.54, 1.807) is 26.0 Å². The largest absolute Gasteiger partial charge is 0.465 e. The molecule has 0 atom stereocenters. The zero-order valence-electron chi connectivity index (χ0n) is 42.9. The minimum absolute atomic E-state index is 0. The van der Waals surface area contributed by atoms with E-state index >= 15 is 4.39 Å². The summed E-state index contributed by atoms with van der Waals surface area (Å²) in [5, 5.41) is 0. The van der Waals surface area contributed by atoms with E-state index in [9.17, 15) is 41.9 Å². The molecule has 19 heteroatoms. The first-order valence-electron chi connectivity index (χ1n) is 24.2. The number of hydrogen-bond acceptors (Lipinski definition) is 14. The fourth-order valence-corrected chi connectivity index (χ4v) is 8.84. The van der Waals surface area contributed by atoms with Gasteiger partial charge in [0, 0.05) is 60.9 Å². The van der Waals surface area contributed by atoms with E-state index in [2.05, 4.69) is 19.9 Å². The van der Waals surface area contributed by atoms with Gasteiger partial charge in [0.2, 0.25) is 5.91 Å². The van der Waals surface area contributed by atoms with Crippen molar-refractivity contribution >= 4 is 68.2 Å². The number of nitrogens with zero attached hydrogens (tertiary/aromatic N) is 4. The molecule has 8 aromatic rings. The van der Waals surface area contributed by atoms with Crippen molar-refractivity contribution in [2.24, 2.45) is 5.73 Å². The maximum Gasteiger partial charge on any atom is 0.339 e. The van der Waals surface area contributed by atoms with Crippen LogP contribution in [0, 0.1) is 23.3 Å². The lowest BCUT2D eigenvalue weighted by Crippen LogP contribution is -2.20. The SMILES string of the molecule is CC1=C(c2ccc(F)cc2)C(=O)C(C(=O)Cc2ccc(Oc3ccnc4cc(C(N)=O)cnc34)c(F)c2)=CC1.COC(=O)c1cnc2c(Oc3ccc(CC(=O)C4=CCC(C)=C(c5ccc(F)cc5)C4=O)cc3F)ccnc2c1.N. The van der Waals surface area contributed by atoms with Gasteiger partial charge >= 0.3 is 5.97 Å². The first-order valence-corrected chi connectivity index (χ1v) is 24.2. The van der Waals surface area contributed by atoms with Crippen molar-refractivity contribution in [1.29, 1.82) is 0 Å². The van der Waals surface area contributed by atoms with Gasteiger partial charge < -0.3 is 26.1 Å². The van der Waals surface area contributed by atoms with Crippen molar-refractivity contribution < 1.29 is 60.5 Å². The Balaban J connectivity index is 0.000000208. The molecule has 4 aromatic heterocycles. The monoisotopic (exact) mass is 1080 g/mol. The molecule has 0 bridgehead atoms. The number of benzene rings is 4. The Morgan fingerprint density at radius 1 is 0.537 bits per heavy atom. The van der Waals surface area contributed by atoms with Crippen molar-refractivity contribution in [3.63, 3.8) is 0 Å². The highest BCUT2D eigenvalue weighted by Crippen LogP contribution is 2.35. The van der Waals surface area contributed by atoms with Gasteiger partial charge in [-0.2, -0.15) is 0 Å². The number of esters is 1. The molecule has 0 saturated carbocycles. The molecule has 15 nitrogen and oxygen atoms in total. The van der Waals surface area contributed by atoms with Crippen molar-refractivity contribution in [3.8, 4) is 23.0 Å². The summed E-state index contributed by atoms with van der Waals surface area (Å²) in [4.78, 5) is 92.4. The molecule has 0 unspecified atom stereocenters. The topological polar surface area (TPSA) is 243 Å². The van der Waals surface area contributed by atoms with E-state index in [4.69, 9.17) is 19.9 Å². The highest BCUT2D eigenvalue weighted by atomic mass is 19.1. The van der Waals surface area contributed by atoms with Gasteiger partial charge in [0.05, 0.1) is 40.4 Å². The number of carbonyl (C=O) groups is 6. The predicted octanol–water partition coefficient (Wildman–Crippen LogP) is 11.4. The molecule has 0 aliphatic heterocycles. The molecule has 2 aliphatic carbocycles. The number of methoxy groups -OCH3 is 1. The van der Waals surface area contributed by atoms with Crippen LogP contribution in [0.2, 0.25) is 0 Å². The van der Waals surface area contributed by atoms with Crippen LogP contribution in [-0.2, 0) is 36.8 Å². The Labute approximate surface area is 453 Å². The summed E-state index contributed by atoms with van der Waals surface area (Å²) in [5.41, 5.74) is 11.1. The summed E-state index contributed by atoms with van der Waals surface area (Å²) in [7, 11) is 1.26. The number of hydrogen-bond donors (Lipinski definition) is 2. The Morgan fingerprint density at radius 2 is 0.950 bits per heavy atom. The minimum Gasteiger partial charge on any atom is -0.465 e. The summed E-state index contributed by atoms with van der Waals surface area (Å²) < 4.78 is 72.9. The van der Waals surface area contributed by atoms with Crippen molar-refractivity contribution in [2.45, 2.75) is 39.5 Å². The number of aromatic nitrogens is 4. The Morgan fingerprint density at radius 3 is 1.35 bits per heavy atom. The number of rotatable bonds is 14. The quantitative estimate of drug-likeness (QED) is 0.0585. The van der Waals surface area contributed by atoms with Crippen LogP contribution in [0.5, 0.6) is 23.0 Å². The molecule has 10 rings (SSSR count). The van der Waals surface area contributed by atoms with Gasteiger partial charge in [-0.1, -0.05) is 59.7 Å². The van der Waals surface area contributed by atoms with Crippen LogP contribution in [0.1, 0.15) is 69.7 Å². The third-order valence-electron chi connectivity index (χ3n) is 12.8. The molecule has 4 heterocycles. The number of ether oxygens (including phenoxy) is 3. The van der Waals surface area contributed by atoms with Crippen molar-refractivity contribution in [1.82, 2.24) is 26.1 Å². The predicted molar refractivity (Wildman–Crippen MR) is 288 cm³/mol. The zero-order chi connectivity index (χ0) is 56.1. The van der Waals surface area contributed by atoms with Crippen LogP contribution in [0.3, 0.4) is 0 Å². The highest BCUT2D eigenvalue weighted by molar-refractivity contribution is 6.40. The summed E-state index contributed by atoms with van der Waals surface area (Å²) in [6.07, 6.45) is 9.03. The second-order valence-electron chi connectivity index (χ2n) is 18.2. The van der Waals surface area contributed by atoms with E-state index < -0.39 is 58.3 Å². The second kappa shape index (κ2) is 24.0. The van der Waals surface area contributed by atoms with Crippen LogP contribution < -0.4 is 21.4 Å². The van der Waals surface area contributed by atoms with Gasteiger partial charge in [0.25, 0.3) is 0 Å². The maximum absolute atomic E-state index is 15.0. The number of primary amides is 1. The van der Waals surface area contributed by atoms with Gasteiger partial charge in [0.15, 0.2) is 57.8 Å². The average molecular weight is 1080 g/mol. The van der Waals surface area contributed by atoms with Crippen LogP contribution in [-0.4, -0.2) is 62.1 Å². The molecule has 4 aromatic carbocycles. The molecule has 1 amide bonds. The van der Waals surface area contributed by atoms with Gasteiger partial charge in [-0.15, -0.1) is 0 Å². The number of fused-ring (bicyclic) bond motifs is 2. The van der Waals surface area contributed by atoms with Crippen LogP contribution in [0.15, 0.2) is 168 Å². The Hall–Kier alpha value is -10.1. The molecule has 80 heavy (non-hydrogen) atoms. The molecule has 0 fully saturated rings. The summed E-state index contributed by atoms with van der Waals surface area (Å²) in [6.45, 7) is 3.59. The smallest absolute Gasteiger partial charge is 0.339 e. The van der Waals surface area contributed by atoms with Crippen LogP contribution in [0.4, 0.5) is 17.6 Å². The standard InChI is InChI=1S/C31H22F2N2O5.C30H21F2N3O4.H3N/c1-17-3-9-22(30(37)28(17)19-5-7-21(32)8-6-19)25(36)14-18-4-10-26(23(33)13-18)40-27-11-12-34-24-15-20(31(38)39-2)16-35-29(24)27;1-16-2-8-21(29(37)27(16)18-4-6-20(31)7-5-18)24(36)13-17-3-9-25(22(32)12-17)39-26-10-11-34-23-14-19(30(33)38)15-35-28(23)26;/h4-13,15-16H,3,14H2,1-2H3;3-12,14-15H,2,13H2,1H3,(H2,33,38);1H3. The molecule has 5 N–H and O–H groups in total. The van der Waals surface area contributed by atoms with Crippen molar-refractivity contribution in [2.75, 3.05) is 7.11 Å². The highest BCUT2D eigenvalue weighted by Gasteiger charge is 2.29. The number of pyridine rings is 4. The average Bonchev–Trinajstić information content (AvgIpc) is 3.43. The van der Waals surface area contributed by atoms with Gasteiger partial charge in [0.1, 0.15) is 22.7 Å². The first kappa shape index (κ1) is 56.1. The number of allylic oxidation sites excluding steroid dienone is 8. The fraction of sp³-hybridized carbons (Fsp3) is 0.115. The third kappa shape index (κ3) is 12.2. The molecular weight excluding hydrogens is 1040 g/mol. The molecule has 2 aliphatic rings. The Bertz CT molecular complexity index is 3990. The summed E-state index contributed by atoms with van der Waals surface area (Å²) >= 11 is 0. The number of amides is 1. The minimum atomic E-state index is -0.717. The van der Waals surface area contributed by atoms with Crippen LogP contribution in [0.25, 0.3) is 33.2 Å². The number of Topliss-reactive ketones (excluding diaryl/α,β-unsaturated/α-hetero) is 4. The zero-order valence-corrected chi connectivity index (χ0v) is 42.9. The lowest BCUT2D eigenvalue weighted by Gasteiger charge is -2.18. The second-order valence-corrected chi connectivity index (χ2v) is 18.2. The lowest BCUT2D eigenvalue weighted by atomic mass is 9.84. The number of ketones is 4. The lowest BCUT2D eigenvalue weighted by molar-refractivity contribution is -0.120. The molecule has 0 spiro atoms.